The predicted octanol–water partition coefficient (Wildman–Crippen LogP) is 6.70. The summed E-state index contributed by atoms with van der Waals surface area (Å²) in [6.45, 7) is 6.81. The summed E-state index contributed by atoms with van der Waals surface area (Å²) in [5.41, 5.74) is 5.62. The van der Waals surface area contributed by atoms with Gasteiger partial charge in [-0.1, -0.05) is 42.5 Å². The van der Waals surface area contributed by atoms with Crippen molar-refractivity contribution in [2.24, 2.45) is 5.92 Å². The fourth-order valence-electron chi connectivity index (χ4n) is 8.85. The van der Waals surface area contributed by atoms with Gasteiger partial charge in [-0.15, -0.1) is 0 Å². The fourth-order valence-corrected chi connectivity index (χ4v) is 8.85. The van der Waals surface area contributed by atoms with Crippen LogP contribution < -0.4 is 19.9 Å². The van der Waals surface area contributed by atoms with Gasteiger partial charge in [0.25, 0.3) is 5.91 Å². The standard InChI is InChI=1S/C40H42F2N4O3.C6H11NO2/c1-43-24-29-20-37(35(42)22-32(29)40(43)48)46-17-15-44(16-18-46)23-26-11-13-45(14-12-26)36-10-7-28(19-34(36)41)39-31-9-8-30(47)21-38(31)49-25-33(39)27-5-3-2-4-6-27;1-7-6(9)4-2-3-5-8/h2-10,19-22,26,33,39,47H,11-18,23-25H2,1H3;5H,2-4H2,1H3,(H,7,9). The van der Waals surface area contributed by atoms with Crippen LogP contribution in [0.15, 0.2) is 78.9 Å². The molecule has 10 nitrogen and oxygen atoms in total. The van der Waals surface area contributed by atoms with Crippen molar-refractivity contribution in [1.29, 1.82) is 0 Å². The highest BCUT2D eigenvalue weighted by atomic mass is 19.1. The van der Waals surface area contributed by atoms with Crippen molar-refractivity contribution in [1.82, 2.24) is 15.1 Å². The largest absolute Gasteiger partial charge is 0.508 e. The summed E-state index contributed by atoms with van der Waals surface area (Å²) in [4.78, 5) is 40.9. The minimum absolute atomic E-state index is 0.00292. The van der Waals surface area contributed by atoms with Crippen LogP contribution in [-0.4, -0.2) is 99.5 Å². The van der Waals surface area contributed by atoms with Crippen molar-refractivity contribution in [3.63, 3.8) is 0 Å². The summed E-state index contributed by atoms with van der Waals surface area (Å²) >= 11 is 0. The number of unbranched alkanes of at least 4 members (excludes halogenated alkanes) is 1. The summed E-state index contributed by atoms with van der Waals surface area (Å²) in [6, 6.07) is 24.4. The lowest BCUT2D eigenvalue weighted by molar-refractivity contribution is -0.120. The molecule has 0 spiro atoms. The number of phenols is 1. The van der Waals surface area contributed by atoms with E-state index in [9.17, 15) is 19.5 Å². The normalized spacial score (nSPS) is 19.4. The number of ether oxygens (including phenoxy) is 1. The van der Waals surface area contributed by atoms with E-state index in [2.05, 4.69) is 38.2 Å². The maximum Gasteiger partial charge on any atom is 0.254 e. The van der Waals surface area contributed by atoms with E-state index in [0.29, 0.717) is 61.0 Å². The summed E-state index contributed by atoms with van der Waals surface area (Å²) < 4.78 is 37.1. The van der Waals surface area contributed by atoms with Gasteiger partial charge < -0.3 is 34.7 Å². The highest BCUT2D eigenvalue weighted by Crippen LogP contribution is 2.47. The summed E-state index contributed by atoms with van der Waals surface area (Å²) in [5.74, 6) is 0.594. The van der Waals surface area contributed by atoms with Crippen LogP contribution in [0.2, 0.25) is 0 Å². The molecule has 2 fully saturated rings. The van der Waals surface area contributed by atoms with Gasteiger partial charge in [0.05, 0.1) is 18.0 Å². The van der Waals surface area contributed by atoms with Gasteiger partial charge in [-0.25, -0.2) is 8.78 Å². The molecule has 4 aliphatic heterocycles. The first-order valence-electron chi connectivity index (χ1n) is 20.4. The number of hydrogen-bond donors (Lipinski definition) is 2. The first kappa shape index (κ1) is 40.7. The molecule has 4 aromatic rings. The average Bonchev–Trinajstić information content (AvgIpc) is 3.52. The van der Waals surface area contributed by atoms with Gasteiger partial charge in [-0.2, -0.15) is 0 Å². The Morgan fingerprint density at radius 1 is 0.879 bits per heavy atom. The zero-order valence-electron chi connectivity index (χ0n) is 33.3. The number of carbonyl (C=O) groups excluding carboxylic acids is 3. The summed E-state index contributed by atoms with van der Waals surface area (Å²) in [6.07, 6.45) is 4.40. The molecule has 0 saturated carbocycles. The Bertz CT molecular complexity index is 2080. The Morgan fingerprint density at radius 3 is 2.31 bits per heavy atom. The van der Waals surface area contributed by atoms with Gasteiger partial charge in [0.2, 0.25) is 5.91 Å². The summed E-state index contributed by atoms with van der Waals surface area (Å²) in [5, 5.41) is 12.6. The van der Waals surface area contributed by atoms with Crippen molar-refractivity contribution in [2.75, 3.05) is 76.3 Å². The van der Waals surface area contributed by atoms with E-state index in [4.69, 9.17) is 4.74 Å². The lowest BCUT2D eigenvalue weighted by Crippen LogP contribution is -2.49. The van der Waals surface area contributed by atoms with Gasteiger partial charge in [0, 0.05) is 108 Å². The van der Waals surface area contributed by atoms with Crippen molar-refractivity contribution < 1.29 is 33.0 Å². The van der Waals surface area contributed by atoms with Gasteiger partial charge in [0.1, 0.15) is 29.4 Å². The van der Waals surface area contributed by atoms with Crippen molar-refractivity contribution in [2.45, 2.75) is 50.5 Å². The van der Waals surface area contributed by atoms with Crippen molar-refractivity contribution in [3.8, 4) is 11.5 Å². The first-order chi connectivity index (χ1) is 28.1. The van der Waals surface area contributed by atoms with E-state index in [1.54, 1.807) is 37.2 Å². The highest BCUT2D eigenvalue weighted by Gasteiger charge is 2.35. The number of fused-ring (bicyclic) bond motifs is 2. The summed E-state index contributed by atoms with van der Waals surface area (Å²) in [7, 11) is 3.33. The highest BCUT2D eigenvalue weighted by molar-refractivity contribution is 5.98. The second-order valence-electron chi connectivity index (χ2n) is 15.8. The third kappa shape index (κ3) is 9.12. The van der Waals surface area contributed by atoms with Gasteiger partial charge in [-0.3, -0.25) is 14.5 Å². The van der Waals surface area contributed by atoms with Crippen LogP contribution in [0.4, 0.5) is 20.2 Å². The molecule has 12 heteroatoms. The number of amides is 2. The molecule has 4 aliphatic rings. The van der Waals surface area contributed by atoms with E-state index in [-0.39, 0.29) is 41.0 Å². The second kappa shape index (κ2) is 18.4. The Labute approximate surface area is 339 Å². The smallest absolute Gasteiger partial charge is 0.254 e. The van der Waals surface area contributed by atoms with Crippen molar-refractivity contribution >= 4 is 29.5 Å². The zero-order chi connectivity index (χ0) is 40.8. The molecule has 2 atom stereocenters. The number of piperidine rings is 1. The Balaban J connectivity index is 0.000000511. The van der Waals surface area contributed by atoms with Gasteiger partial charge >= 0.3 is 0 Å². The lowest BCUT2D eigenvalue weighted by Gasteiger charge is -2.40. The average molecular weight is 794 g/mol. The molecule has 2 unspecified atom stereocenters. The third-order valence-electron chi connectivity index (χ3n) is 12.1. The Kier molecular flexibility index (Phi) is 12.9. The number of piperazine rings is 1. The SMILES string of the molecule is CN1Cc2cc(N3CCN(CC4CCN(c5ccc(C6c7ccc(O)cc7OCC6c6ccccc6)cc5F)CC4)CC3)c(F)cc2C1=O.CNC(=O)CCCC=O. The maximum atomic E-state index is 16.0. The molecule has 2 N–H and O–H groups in total. The molecule has 0 aliphatic carbocycles. The number of benzene rings is 4. The van der Waals surface area contributed by atoms with Crippen LogP contribution >= 0.6 is 0 Å². The zero-order valence-corrected chi connectivity index (χ0v) is 33.3. The molecule has 2 saturated heterocycles. The molecule has 58 heavy (non-hydrogen) atoms. The number of aromatic hydroxyl groups is 1. The van der Waals surface area contributed by atoms with E-state index in [1.807, 2.05) is 36.4 Å². The van der Waals surface area contributed by atoms with E-state index in [1.165, 1.54) is 6.07 Å². The topological polar surface area (TPSA) is 106 Å². The maximum absolute atomic E-state index is 16.0. The van der Waals surface area contributed by atoms with Crippen LogP contribution in [0.25, 0.3) is 0 Å². The van der Waals surface area contributed by atoms with Crippen LogP contribution in [0, 0.1) is 17.6 Å². The van der Waals surface area contributed by atoms with Crippen LogP contribution in [0.5, 0.6) is 11.5 Å². The number of nitrogens with zero attached hydrogens (tertiary/aromatic N) is 4. The van der Waals surface area contributed by atoms with E-state index >= 15 is 8.78 Å². The van der Waals surface area contributed by atoms with Crippen LogP contribution in [0.1, 0.15) is 76.6 Å². The molecule has 0 radical (unpaired) electrons. The number of aldehydes is 1. The number of anilines is 2. The van der Waals surface area contributed by atoms with E-state index in [0.717, 1.165) is 87.2 Å². The number of nitrogens with one attached hydrogen (secondary N) is 1. The number of hydrogen-bond acceptors (Lipinski definition) is 8. The molecule has 306 valence electrons. The molecule has 8 rings (SSSR count). The Hall–Kier alpha value is -5.49. The van der Waals surface area contributed by atoms with Crippen LogP contribution in [0.3, 0.4) is 0 Å². The number of rotatable bonds is 10. The van der Waals surface area contributed by atoms with E-state index < -0.39 is 0 Å². The number of carbonyl (C=O) groups is 3. The molecule has 4 aromatic carbocycles. The predicted molar refractivity (Wildman–Crippen MR) is 221 cm³/mol. The minimum Gasteiger partial charge on any atom is -0.508 e. The minimum atomic E-state index is -0.322. The van der Waals surface area contributed by atoms with Gasteiger partial charge in [-0.05, 0) is 72.2 Å². The quantitative estimate of drug-likeness (QED) is 0.135. The molecule has 0 aromatic heterocycles. The number of phenolic OH excluding ortho intramolecular Hbond substituents is 1. The molecule has 0 bridgehead atoms. The fraction of sp³-hybridized carbons (Fsp3) is 0.413. The number of halogens is 2. The molecular formula is C46H53F2N5O5. The molecule has 4 heterocycles. The third-order valence-corrected chi connectivity index (χ3v) is 12.1. The second-order valence-corrected chi connectivity index (χ2v) is 15.8. The first-order valence-corrected chi connectivity index (χ1v) is 20.4. The lowest BCUT2D eigenvalue weighted by atomic mass is 9.76. The Morgan fingerprint density at radius 2 is 1.60 bits per heavy atom. The van der Waals surface area contributed by atoms with Crippen molar-refractivity contribution in [3.05, 3.63) is 118 Å². The molecule has 2 amide bonds. The monoisotopic (exact) mass is 793 g/mol. The molecular weight excluding hydrogens is 741 g/mol. The van der Waals surface area contributed by atoms with Gasteiger partial charge in [0.15, 0.2) is 0 Å². The van der Waals surface area contributed by atoms with Crippen LogP contribution in [-0.2, 0) is 16.1 Å².